The maximum absolute atomic E-state index is 14.8. The van der Waals surface area contributed by atoms with Crippen molar-refractivity contribution in [3.63, 3.8) is 0 Å². The molecule has 516 valence electrons. The molecule has 0 fully saturated rings. The zero-order valence-corrected chi connectivity index (χ0v) is 58.1. The number of fused-ring (bicyclic) bond motifs is 2. The average molecular weight is 1390 g/mol. The van der Waals surface area contributed by atoms with Gasteiger partial charge in [0.05, 0.1) is 4.90 Å². The van der Waals surface area contributed by atoms with E-state index in [9.17, 15) is 61.4 Å². The highest BCUT2D eigenvalue weighted by Crippen LogP contribution is 2.62. The number of likely N-dealkylation sites (N-methyl/N-ethyl adjacent to an activating group) is 3. The van der Waals surface area contributed by atoms with Crippen LogP contribution in [0.1, 0.15) is 91.8 Å². The van der Waals surface area contributed by atoms with E-state index in [1.807, 2.05) is 158 Å². The predicted octanol–water partition coefficient (Wildman–Crippen LogP) is 10.7. The number of hydrogen-bond acceptors (Lipinski definition) is 16. The molecule has 2 atom stereocenters. The summed E-state index contributed by atoms with van der Waals surface area (Å²) >= 11 is 0. The lowest BCUT2D eigenvalue weighted by molar-refractivity contribution is -0.394. The first-order chi connectivity index (χ1) is 46.2. The number of aromatic nitrogens is 3. The standard InChI is InChI=1S/C32H40N3O6P.C20H18NO4P.C11H12N4O4S.C6H13NO2/c1-5-34(6-2)29(36)23-40-42(39,41-24-30(37)35(7-3)8-4)31(28-20-14-18-26-17-12-13-19-27(26)28)32(38)33-22-21-25-15-10-9-11-16-25;22-20(21-14-13-15-7-2-1-3-8-15)19(26(23,24)25)18-12-6-10-16-9-4-5-11-17(16)18;1-7-4-8(2)10(9(3)5-7)20(18,19)14-6-12-11(13-14)15(16)17;1-3-7(4-2)6(9)5-8/h9-22,31H,5-8,23-24H2,1-4H3,(H,33,38);1-14,19H,(H,21,22)(H2,23,24,25);4-6H,1-3H3;8H,3-5H2,1-2H3/b22-21+;14-13+;;. The van der Waals surface area contributed by atoms with Gasteiger partial charge in [0.2, 0.25) is 35.9 Å². The lowest BCUT2D eigenvalue weighted by Gasteiger charge is -2.28. The van der Waals surface area contributed by atoms with Crippen molar-refractivity contribution in [2.75, 3.05) is 59.1 Å². The Kier molecular flexibility index (Phi) is 30.5. The Morgan fingerprint density at radius 1 is 0.588 bits per heavy atom. The molecule has 0 aliphatic heterocycles. The summed E-state index contributed by atoms with van der Waals surface area (Å²) in [6, 6.07) is 47.1. The number of aliphatic hydroxyl groups excluding tert-OH is 1. The molecule has 5 amide bonds. The largest absolute Gasteiger partial charge is 0.492 e. The number of aliphatic hydroxyl groups is 1. The average Bonchev–Trinajstić information content (AvgIpc) is 1.50. The molecule has 2 unspecified atom stereocenters. The summed E-state index contributed by atoms with van der Waals surface area (Å²) in [5.41, 5.74) is 1.42. The summed E-state index contributed by atoms with van der Waals surface area (Å²) in [7, 11) is -13.2. The Balaban J connectivity index is 0.000000262. The van der Waals surface area contributed by atoms with Crippen LogP contribution in [0.4, 0.5) is 5.95 Å². The molecule has 5 N–H and O–H groups in total. The van der Waals surface area contributed by atoms with Gasteiger partial charge in [0, 0.05) is 56.8 Å². The van der Waals surface area contributed by atoms with Gasteiger partial charge in [-0.05, 0) is 139 Å². The van der Waals surface area contributed by atoms with Crippen molar-refractivity contribution in [3.05, 3.63) is 226 Å². The summed E-state index contributed by atoms with van der Waals surface area (Å²) in [5.74, 6) is -3.16. The molecule has 28 heteroatoms. The molecule has 8 rings (SSSR count). The van der Waals surface area contributed by atoms with Crippen LogP contribution in [0.15, 0.2) is 181 Å². The Bertz CT molecular complexity index is 4190. The SMILES string of the molecule is CCN(CC)C(=O)CO.CCN(CC)C(=O)COP(=O)(OCC(=O)N(CC)CC)C(C(=O)N/C=C/c1ccccc1)c1cccc2ccccc12.Cc1cc(C)c(S(=O)(=O)n2cnc([N+](=O)[O-])n2)c(C)c1.O=C(N/C=C/c1ccccc1)C(c1cccc2ccccc12)P(=O)(O)O. The number of aryl methyl sites for hydroxylation is 3. The van der Waals surface area contributed by atoms with E-state index in [4.69, 9.17) is 14.2 Å². The summed E-state index contributed by atoms with van der Waals surface area (Å²) < 4.78 is 63.9. The molecule has 7 aromatic carbocycles. The van der Waals surface area contributed by atoms with E-state index >= 15 is 0 Å². The topological polar surface area (TPSA) is 340 Å². The van der Waals surface area contributed by atoms with Gasteiger partial charge in [-0.15, -0.1) is 0 Å². The molecular formula is C69H83N9O16P2S. The second-order valence-electron chi connectivity index (χ2n) is 21.4. The van der Waals surface area contributed by atoms with Crippen LogP contribution in [-0.4, -0.2) is 146 Å². The number of benzene rings is 7. The first kappa shape index (κ1) is 78.3. The highest BCUT2D eigenvalue weighted by Gasteiger charge is 2.45. The van der Waals surface area contributed by atoms with E-state index in [1.54, 1.807) is 79.4 Å². The molecule has 0 spiro atoms. The molecule has 1 aromatic heterocycles. The van der Waals surface area contributed by atoms with E-state index in [0.29, 0.717) is 76.4 Å². The van der Waals surface area contributed by atoms with E-state index in [0.717, 1.165) is 33.8 Å². The van der Waals surface area contributed by atoms with Crippen LogP contribution in [0.25, 0.3) is 33.7 Å². The minimum absolute atomic E-state index is 0.0860. The summed E-state index contributed by atoms with van der Waals surface area (Å²) in [6.45, 7) is 17.8. The summed E-state index contributed by atoms with van der Waals surface area (Å²) in [4.78, 5) is 100. The van der Waals surface area contributed by atoms with Crippen LogP contribution in [0.2, 0.25) is 0 Å². The molecule has 0 aliphatic rings. The third kappa shape index (κ3) is 22.1. The van der Waals surface area contributed by atoms with Crippen LogP contribution < -0.4 is 10.6 Å². The normalized spacial score (nSPS) is 12.0. The van der Waals surface area contributed by atoms with E-state index in [2.05, 4.69) is 20.7 Å². The maximum atomic E-state index is 14.8. The lowest BCUT2D eigenvalue weighted by Crippen LogP contribution is -2.35. The molecule has 1 heterocycles. The number of nitrogens with zero attached hydrogens (tertiary/aromatic N) is 7. The Morgan fingerprint density at radius 3 is 1.35 bits per heavy atom. The van der Waals surface area contributed by atoms with Crippen LogP contribution >= 0.6 is 15.2 Å². The van der Waals surface area contributed by atoms with Crippen molar-refractivity contribution < 1.29 is 70.4 Å². The Hall–Kier alpha value is -9.36. The van der Waals surface area contributed by atoms with Crippen LogP contribution in [-0.2, 0) is 52.2 Å². The van der Waals surface area contributed by atoms with Gasteiger partial charge in [0.15, 0.2) is 11.3 Å². The maximum Gasteiger partial charge on any atom is 0.492 e. The van der Waals surface area contributed by atoms with E-state index in [-0.39, 0.29) is 17.4 Å². The molecule has 25 nitrogen and oxygen atoms in total. The summed E-state index contributed by atoms with van der Waals surface area (Å²) in [5, 5.41) is 30.4. The van der Waals surface area contributed by atoms with Crippen molar-refractivity contribution in [1.82, 2.24) is 39.5 Å². The van der Waals surface area contributed by atoms with Crippen molar-refractivity contribution >= 4 is 94.4 Å². The molecule has 0 aliphatic carbocycles. The molecule has 8 aromatic rings. The fourth-order valence-electron chi connectivity index (χ4n) is 10.2. The number of carbonyl (C=O) groups excluding carboxylic acids is 5. The minimum Gasteiger partial charge on any atom is -0.390 e. The Morgan fingerprint density at radius 2 is 0.969 bits per heavy atom. The van der Waals surface area contributed by atoms with Gasteiger partial charge in [0.25, 0.3) is 10.0 Å². The van der Waals surface area contributed by atoms with Crippen molar-refractivity contribution in [2.45, 2.75) is 78.5 Å². The molecule has 0 saturated heterocycles. The van der Waals surface area contributed by atoms with E-state index in [1.165, 1.54) is 22.2 Å². The second kappa shape index (κ2) is 37.8. The number of rotatable bonds is 26. The van der Waals surface area contributed by atoms with Gasteiger partial charge in [0.1, 0.15) is 19.8 Å². The third-order valence-corrected chi connectivity index (χ3v) is 20.1. The fraction of sp³-hybridized carbons (Fsp3) is 0.290. The third-order valence-electron chi connectivity index (χ3n) is 14.9. The van der Waals surface area contributed by atoms with Gasteiger partial charge in [-0.25, -0.2) is 0 Å². The van der Waals surface area contributed by atoms with Crippen molar-refractivity contribution in [2.24, 2.45) is 0 Å². The number of nitro groups is 1. The first-order valence-corrected chi connectivity index (χ1v) is 35.7. The van der Waals surface area contributed by atoms with Gasteiger partial charge in [-0.1, -0.05) is 167 Å². The minimum atomic E-state index is -4.72. The zero-order valence-electron chi connectivity index (χ0n) is 55.5. The quantitative estimate of drug-likeness (QED) is 0.0191. The van der Waals surface area contributed by atoms with Crippen molar-refractivity contribution in [1.29, 1.82) is 0 Å². The van der Waals surface area contributed by atoms with Crippen molar-refractivity contribution in [3.8, 4) is 0 Å². The van der Waals surface area contributed by atoms with Gasteiger partial charge in [-0.3, -0.25) is 42.2 Å². The highest BCUT2D eigenvalue weighted by atomic mass is 32.2. The predicted molar refractivity (Wildman–Crippen MR) is 373 cm³/mol. The first-order valence-electron chi connectivity index (χ1n) is 31.0. The van der Waals surface area contributed by atoms with Crippen LogP contribution in [0, 0.1) is 30.9 Å². The monoisotopic (exact) mass is 1390 g/mol. The summed E-state index contributed by atoms with van der Waals surface area (Å²) in [6.07, 6.45) is 7.05. The zero-order chi connectivity index (χ0) is 71.5. The lowest BCUT2D eigenvalue weighted by atomic mass is 10.0. The molecule has 97 heavy (non-hydrogen) atoms. The van der Waals surface area contributed by atoms with Gasteiger partial charge in [-0.2, -0.15) is 8.42 Å². The van der Waals surface area contributed by atoms with E-state index < -0.39 is 84.2 Å². The fourth-order valence-corrected chi connectivity index (χ4v) is 14.5. The van der Waals surface area contributed by atoms with Crippen LogP contribution in [0.5, 0.6) is 0 Å². The highest BCUT2D eigenvalue weighted by molar-refractivity contribution is 7.90. The number of carbonyl (C=O) groups is 5. The van der Waals surface area contributed by atoms with Gasteiger partial charge < -0.3 is 50.3 Å². The second-order valence-corrected chi connectivity index (χ2v) is 26.9. The number of hydrogen-bond donors (Lipinski definition) is 5. The smallest absolute Gasteiger partial charge is 0.390 e. The number of nitrogens with one attached hydrogen (secondary N) is 2. The molecule has 0 bridgehead atoms. The van der Waals surface area contributed by atoms with Crippen LogP contribution in [0.3, 0.4) is 0 Å². The molecular weight excluding hydrogens is 1300 g/mol. The number of amides is 5. The van der Waals surface area contributed by atoms with Gasteiger partial charge >= 0.3 is 21.1 Å². The molecule has 0 saturated carbocycles. The molecule has 0 radical (unpaired) electrons. The Labute approximate surface area is 564 Å².